The van der Waals surface area contributed by atoms with Crippen LogP contribution in [0.15, 0.2) is 0 Å². The van der Waals surface area contributed by atoms with Crippen LogP contribution in [0.25, 0.3) is 0 Å². The van der Waals surface area contributed by atoms with E-state index in [4.69, 9.17) is 33.6 Å². The van der Waals surface area contributed by atoms with E-state index in [0.29, 0.717) is 0 Å². The third-order valence-corrected chi connectivity index (χ3v) is 1.54. The van der Waals surface area contributed by atoms with Crippen LogP contribution in [0.4, 0.5) is 0 Å². The minimum Gasteiger partial charge on any atom is -0.395 e. The van der Waals surface area contributed by atoms with Crippen LogP contribution < -0.4 is 0 Å². The summed E-state index contributed by atoms with van der Waals surface area (Å²) in [5.41, 5.74) is 0. The first-order chi connectivity index (χ1) is 3.72. The Bertz CT molecular complexity index is 101. The van der Waals surface area contributed by atoms with Crippen molar-refractivity contribution in [3.8, 4) is 6.07 Å². The highest BCUT2D eigenvalue weighted by Crippen LogP contribution is 2.06. The number of hydrogen-bond donors (Lipinski definition) is 1. The molecule has 0 bridgehead atoms. The molecule has 8 heavy (non-hydrogen) atoms. The highest BCUT2D eigenvalue weighted by Gasteiger charge is 2.13. The molecule has 0 amide bonds. The zero-order valence-corrected chi connectivity index (χ0v) is 5.52. The number of halogens is 2. The molecule has 0 saturated heterocycles. The van der Waals surface area contributed by atoms with Gasteiger partial charge in [0, 0.05) is 0 Å². The van der Waals surface area contributed by atoms with Crippen LogP contribution in [0.5, 0.6) is 0 Å². The Morgan fingerprint density at radius 3 is 2.25 bits per heavy atom. The monoisotopic (exact) mass is 153 g/mol. The maximum Gasteiger partial charge on any atom is 0.139 e. The van der Waals surface area contributed by atoms with Crippen LogP contribution in [0, 0.1) is 11.3 Å². The number of hydrogen-bond acceptors (Lipinski definition) is 2. The smallest absolute Gasteiger partial charge is 0.139 e. The van der Waals surface area contributed by atoms with Gasteiger partial charge in [0.25, 0.3) is 0 Å². The van der Waals surface area contributed by atoms with Crippen LogP contribution in [-0.4, -0.2) is 22.5 Å². The van der Waals surface area contributed by atoms with Crippen LogP contribution in [-0.2, 0) is 0 Å². The minimum absolute atomic E-state index is 0.261. The van der Waals surface area contributed by atoms with E-state index < -0.39 is 10.8 Å². The van der Waals surface area contributed by atoms with Crippen molar-refractivity contribution in [2.24, 2.45) is 0 Å². The highest BCUT2D eigenvalue weighted by molar-refractivity contribution is 6.31. The molecule has 0 rings (SSSR count). The standard InChI is InChI=1S/C4H5Cl2NO/c5-3(1-7)4(6)2-8/h3-4,8H,2H2/t3-,4+/m1/s1. The second kappa shape index (κ2) is 3.96. The van der Waals surface area contributed by atoms with Crippen molar-refractivity contribution in [1.82, 2.24) is 0 Å². The summed E-state index contributed by atoms with van der Waals surface area (Å²) in [6.07, 6.45) is 0. The average Bonchev–Trinajstić information content (AvgIpc) is 1.84. The molecular weight excluding hydrogens is 149 g/mol. The van der Waals surface area contributed by atoms with E-state index in [1.54, 1.807) is 6.07 Å². The number of nitriles is 1. The van der Waals surface area contributed by atoms with Crippen LogP contribution in [0.3, 0.4) is 0 Å². The van der Waals surface area contributed by atoms with E-state index in [2.05, 4.69) is 0 Å². The van der Waals surface area contributed by atoms with Crippen molar-refractivity contribution < 1.29 is 5.11 Å². The molecule has 0 aliphatic rings. The van der Waals surface area contributed by atoms with Gasteiger partial charge in [-0.3, -0.25) is 0 Å². The molecule has 0 aromatic rings. The Balaban J connectivity index is 3.49. The fourth-order valence-corrected chi connectivity index (χ4v) is 0.309. The topological polar surface area (TPSA) is 44.0 Å². The zero-order valence-electron chi connectivity index (χ0n) is 4.01. The van der Waals surface area contributed by atoms with Crippen molar-refractivity contribution in [3.63, 3.8) is 0 Å². The molecule has 0 fully saturated rings. The third kappa shape index (κ3) is 2.37. The van der Waals surface area contributed by atoms with Crippen LogP contribution >= 0.6 is 23.2 Å². The normalized spacial score (nSPS) is 16.8. The SMILES string of the molecule is N#C[C@@H](Cl)[C@@H](Cl)CO. The Morgan fingerprint density at radius 1 is 1.62 bits per heavy atom. The van der Waals surface area contributed by atoms with Crippen molar-refractivity contribution in [1.29, 1.82) is 5.26 Å². The van der Waals surface area contributed by atoms with Gasteiger partial charge in [0.2, 0.25) is 0 Å². The average molecular weight is 154 g/mol. The Labute approximate surface area is 57.6 Å². The van der Waals surface area contributed by atoms with Gasteiger partial charge in [0.1, 0.15) is 5.38 Å². The van der Waals surface area contributed by atoms with E-state index >= 15 is 0 Å². The van der Waals surface area contributed by atoms with Crippen molar-refractivity contribution in [2.75, 3.05) is 6.61 Å². The molecule has 2 nitrogen and oxygen atoms in total. The molecule has 0 aromatic heterocycles. The van der Waals surface area contributed by atoms with Crippen LogP contribution in [0.1, 0.15) is 0 Å². The largest absolute Gasteiger partial charge is 0.395 e. The van der Waals surface area contributed by atoms with Gasteiger partial charge in [-0.1, -0.05) is 0 Å². The molecule has 4 heteroatoms. The predicted molar refractivity (Wildman–Crippen MR) is 32.0 cm³/mol. The molecular formula is C4H5Cl2NO. The summed E-state index contributed by atoms with van der Waals surface area (Å²) in [5, 5.41) is 14.9. The molecule has 0 aliphatic heterocycles. The molecule has 46 valence electrons. The number of nitrogens with zero attached hydrogens (tertiary/aromatic N) is 1. The number of rotatable bonds is 2. The zero-order chi connectivity index (χ0) is 6.57. The first kappa shape index (κ1) is 8.03. The van der Waals surface area contributed by atoms with Crippen molar-refractivity contribution >= 4 is 23.2 Å². The summed E-state index contributed by atoms with van der Waals surface area (Å²) in [6, 6.07) is 1.69. The summed E-state index contributed by atoms with van der Waals surface area (Å²) in [7, 11) is 0. The molecule has 1 N–H and O–H groups in total. The van der Waals surface area contributed by atoms with E-state index in [-0.39, 0.29) is 6.61 Å². The quantitative estimate of drug-likeness (QED) is 0.595. The van der Waals surface area contributed by atoms with Gasteiger partial charge in [-0.15, -0.1) is 23.2 Å². The summed E-state index contributed by atoms with van der Waals surface area (Å²) >= 11 is 10.6. The van der Waals surface area contributed by atoms with E-state index in [1.807, 2.05) is 0 Å². The molecule has 0 aromatic carbocycles. The molecule has 0 unspecified atom stereocenters. The van der Waals surface area contributed by atoms with Gasteiger partial charge >= 0.3 is 0 Å². The lowest BCUT2D eigenvalue weighted by Gasteiger charge is -2.02. The van der Waals surface area contributed by atoms with Gasteiger partial charge in [-0.2, -0.15) is 5.26 Å². The van der Waals surface area contributed by atoms with E-state index in [0.717, 1.165) is 0 Å². The van der Waals surface area contributed by atoms with Gasteiger partial charge in [-0.05, 0) is 0 Å². The molecule has 2 atom stereocenters. The second-order valence-corrected chi connectivity index (χ2v) is 2.26. The summed E-state index contributed by atoms with van der Waals surface area (Å²) < 4.78 is 0. The van der Waals surface area contributed by atoms with E-state index in [1.165, 1.54) is 0 Å². The fourth-order valence-electron chi connectivity index (χ4n) is 0.173. The highest BCUT2D eigenvalue weighted by atomic mass is 35.5. The predicted octanol–water partition coefficient (Wildman–Crippen LogP) is 0.717. The second-order valence-electron chi connectivity index (χ2n) is 1.23. The fraction of sp³-hybridized carbons (Fsp3) is 0.750. The first-order valence-electron chi connectivity index (χ1n) is 2.01. The Kier molecular flexibility index (Phi) is 3.98. The molecule has 0 heterocycles. The summed E-state index contributed by atoms with van der Waals surface area (Å²) in [5.74, 6) is 0. The first-order valence-corrected chi connectivity index (χ1v) is 2.88. The Hall–Kier alpha value is 0.0300. The third-order valence-electron chi connectivity index (χ3n) is 0.615. The lowest BCUT2D eigenvalue weighted by atomic mass is 10.3. The minimum atomic E-state index is -0.790. The maximum absolute atomic E-state index is 8.27. The van der Waals surface area contributed by atoms with Gasteiger partial charge < -0.3 is 5.11 Å². The van der Waals surface area contributed by atoms with Crippen LogP contribution in [0.2, 0.25) is 0 Å². The lowest BCUT2D eigenvalue weighted by Crippen LogP contribution is -2.16. The van der Waals surface area contributed by atoms with Crippen molar-refractivity contribution in [2.45, 2.75) is 10.8 Å². The van der Waals surface area contributed by atoms with E-state index in [9.17, 15) is 0 Å². The van der Waals surface area contributed by atoms with Gasteiger partial charge in [0.15, 0.2) is 0 Å². The molecule has 0 aliphatic carbocycles. The maximum atomic E-state index is 8.27. The van der Waals surface area contributed by atoms with Gasteiger partial charge in [0.05, 0.1) is 18.1 Å². The van der Waals surface area contributed by atoms with Crippen molar-refractivity contribution in [3.05, 3.63) is 0 Å². The van der Waals surface area contributed by atoms with Gasteiger partial charge in [-0.25, -0.2) is 0 Å². The summed E-state index contributed by atoms with van der Waals surface area (Å²) in [4.78, 5) is 0. The summed E-state index contributed by atoms with van der Waals surface area (Å²) in [6.45, 7) is -0.261. The number of aliphatic hydroxyl groups excluding tert-OH is 1. The Morgan fingerprint density at radius 2 is 2.12 bits per heavy atom. The molecule has 0 spiro atoms. The number of alkyl halides is 2. The lowest BCUT2D eigenvalue weighted by molar-refractivity contribution is 0.294. The number of aliphatic hydroxyl groups is 1. The molecule has 0 saturated carbocycles. The molecule has 0 radical (unpaired) electrons.